The maximum absolute atomic E-state index is 13.1. The third-order valence-electron chi connectivity index (χ3n) is 6.17. The van der Waals surface area contributed by atoms with Crippen LogP contribution in [0.3, 0.4) is 0 Å². The smallest absolute Gasteiger partial charge is 0.298 e. The maximum atomic E-state index is 13.1. The molecule has 2 rings (SSSR count). The standard InChI is InChI=1S/C24H28Cl2O6/c1-5-9-19(27)23(13-7-11-17(25)15(23)3)21(29)31-32-22(30)24(20(28)10-6-2)14-8-12-18(26)16(24)4/h7-8,11-16H,5-6,9-10H2,1-4H3. The van der Waals surface area contributed by atoms with E-state index in [1.807, 2.05) is 13.8 Å². The number of carbonyl (C=O) groups excluding carboxylic acids is 4. The van der Waals surface area contributed by atoms with Gasteiger partial charge in [0.25, 0.3) is 0 Å². The molecule has 2 aliphatic carbocycles. The van der Waals surface area contributed by atoms with Crippen LogP contribution in [0.2, 0.25) is 0 Å². The van der Waals surface area contributed by atoms with E-state index in [0.29, 0.717) is 22.9 Å². The molecule has 0 amide bonds. The van der Waals surface area contributed by atoms with Gasteiger partial charge in [-0.1, -0.05) is 75.2 Å². The van der Waals surface area contributed by atoms with Gasteiger partial charge >= 0.3 is 11.9 Å². The number of carbonyl (C=O) groups is 4. The van der Waals surface area contributed by atoms with Gasteiger partial charge in [0, 0.05) is 34.7 Å². The van der Waals surface area contributed by atoms with Gasteiger partial charge in [0.15, 0.2) is 22.4 Å². The number of ketones is 2. The molecular weight excluding hydrogens is 455 g/mol. The molecule has 0 saturated carbocycles. The molecule has 0 saturated heterocycles. The minimum atomic E-state index is -1.73. The van der Waals surface area contributed by atoms with E-state index in [4.69, 9.17) is 33.0 Å². The van der Waals surface area contributed by atoms with Crippen molar-refractivity contribution in [2.24, 2.45) is 22.7 Å². The summed E-state index contributed by atoms with van der Waals surface area (Å²) in [6.07, 6.45) is 10.3. The summed E-state index contributed by atoms with van der Waals surface area (Å²) in [5.74, 6) is -4.34. The van der Waals surface area contributed by atoms with Gasteiger partial charge in [0.1, 0.15) is 0 Å². The third-order valence-corrected chi connectivity index (χ3v) is 7.07. The quantitative estimate of drug-likeness (QED) is 0.263. The minimum absolute atomic E-state index is 0.112. The highest BCUT2D eigenvalue weighted by molar-refractivity contribution is 6.31. The summed E-state index contributed by atoms with van der Waals surface area (Å²) in [6, 6.07) is 0. The summed E-state index contributed by atoms with van der Waals surface area (Å²) in [5, 5.41) is 0.603. The Balaban J connectivity index is 2.33. The molecule has 4 unspecified atom stereocenters. The fourth-order valence-electron chi connectivity index (χ4n) is 4.06. The lowest BCUT2D eigenvalue weighted by Gasteiger charge is -2.35. The Hall–Kier alpha value is -2.18. The molecule has 2 aliphatic rings. The van der Waals surface area contributed by atoms with Crippen molar-refractivity contribution in [1.82, 2.24) is 0 Å². The van der Waals surface area contributed by atoms with E-state index >= 15 is 0 Å². The van der Waals surface area contributed by atoms with Gasteiger partial charge in [0.2, 0.25) is 0 Å². The van der Waals surface area contributed by atoms with E-state index in [0.717, 1.165) is 0 Å². The molecule has 0 heterocycles. The lowest BCUT2D eigenvalue weighted by molar-refractivity contribution is -0.271. The van der Waals surface area contributed by atoms with Crippen LogP contribution in [0, 0.1) is 22.7 Å². The zero-order valence-electron chi connectivity index (χ0n) is 18.7. The van der Waals surface area contributed by atoms with Crippen LogP contribution in [0.5, 0.6) is 0 Å². The van der Waals surface area contributed by atoms with E-state index in [2.05, 4.69) is 0 Å². The summed E-state index contributed by atoms with van der Waals surface area (Å²) in [5.41, 5.74) is -3.46. The predicted octanol–water partition coefficient (Wildman–Crippen LogP) is 5.36. The predicted molar refractivity (Wildman–Crippen MR) is 121 cm³/mol. The molecule has 0 bridgehead atoms. The Bertz CT molecular complexity index is 841. The molecule has 0 N–H and O–H groups in total. The number of hydrogen-bond donors (Lipinski definition) is 0. The number of rotatable bonds is 8. The van der Waals surface area contributed by atoms with Gasteiger partial charge in [-0.2, -0.15) is 0 Å². The van der Waals surface area contributed by atoms with E-state index in [1.54, 1.807) is 26.0 Å². The first kappa shape index (κ1) is 26.1. The zero-order valence-corrected chi connectivity index (χ0v) is 20.2. The number of allylic oxidation sites excluding steroid dienone is 6. The second kappa shape index (κ2) is 10.6. The fraction of sp³-hybridized carbons (Fsp3) is 0.500. The van der Waals surface area contributed by atoms with Crippen molar-refractivity contribution in [3.8, 4) is 0 Å². The highest BCUT2D eigenvalue weighted by Gasteiger charge is 2.55. The van der Waals surface area contributed by atoms with Crippen LogP contribution in [-0.4, -0.2) is 23.5 Å². The molecule has 0 aromatic carbocycles. The van der Waals surface area contributed by atoms with Crippen molar-refractivity contribution in [1.29, 1.82) is 0 Å². The SMILES string of the molecule is CCCC(=O)C1(C(=O)OOC(=O)C2(C(=O)CCC)C=CC=C(Cl)C2C)C=CC=C(Cl)C1C. The lowest BCUT2D eigenvalue weighted by atomic mass is 9.69. The van der Waals surface area contributed by atoms with E-state index in [-0.39, 0.29) is 12.8 Å². The molecule has 6 nitrogen and oxygen atoms in total. The van der Waals surface area contributed by atoms with Crippen LogP contribution in [0.15, 0.2) is 46.5 Å². The molecule has 4 atom stereocenters. The van der Waals surface area contributed by atoms with Crippen LogP contribution < -0.4 is 0 Å². The average Bonchev–Trinajstić information content (AvgIpc) is 2.76. The van der Waals surface area contributed by atoms with E-state index in [9.17, 15) is 19.2 Å². The van der Waals surface area contributed by atoms with Crippen molar-refractivity contribution in [3.05, 3.63) is 46.5 Å². The Morgan fingerprint density at radius 2 is 1.12 bits per heavy atom. The third kappa shape index (κ3) is 4.48. The van der Waals surface area contributed by atoms with Crippen molar-refractivity contribution in [2.75, 3.05) is 0 Å². The fourth-order valence-corrected chi connectivity index (χ4v) is 4.55. The zero-order chi connectivity index (χ0) is 24.1. The highest BCUT2D eigenvalue weighted by atomic mass is 35.5. The molecule has 174 valence electrons. The average molecular weight is 483 g/mol. The van der Waals surface area contributed by atoms with Gasteiger partial charge in [0.05, 0.1) is 0 Å². The van der Waals surface area contributed by atoms with Crippen LogP contribution >= 0.6 is 23.2 Å². The molecule has 0 aromatic rings. The van der Waals surface area contributed by atoms with Gasteiger partial charge < -0.3 is 0 Å². The molecule has 0 spiro atoms. The lowest BCUT2D eigenvalue weighted by Crippen LogP contribution is -2.48. The Kier molecular flexibility index (Phi) is 8.66. The highest BCUT2D eigenvalue weighted by Crippen LogP contribution is 2.44. The molecule has 32 heavy (non-hydrogen) atoms. The summed E-state index contributed by atoms with van der Waals surface area (Å²) in [7, 11) is 0. The number of Topliss-reactive ketones (excluding diaryl/α,β-unsaturated/α-hetero) is 2. The topological polar surface area (TPSA) is 86.7 Å². The van der Waals surface area contributed by atoms with E-state index in [1.165, 1.54) is 24.3 Å². The second-order valence-electron chi connectivity index (χ2n) is 8.09. The second-order valence-corrected chi connectivity index (χ2v) is 8.96. The minimum Gasteiger partial charge on any atom is -0.298 e. The van der Waals surface area contributed by atoms with Crippen LogP contribution in [0.1, 0.15) is 53.4 Å². The van der Waals surface area contributed by atoms with Crippen molar-refractivity contribution < 1.29 is 29.0 Å². The van der Waals surface area contributed by atoms with Crippen LogP contribution in [0.25, 0.3) is 0 Å². The van der Waals surface area contributed by atoms with Crippen molar-refractivity contribution in [2.45, 2.75) is 53.4 Å². The van der Waals surface area contributed by atoms with Gasteiger partial charge in [-0.25, -0.2) is 19.4 Å². The molecular formula is C24H28Cl2O6. The molecule has 0 fully saturated rings. The first-order chi connectivity index (χ1) is 15.1. The van der Waals surface area contributed by atoms with Gasteiger partial charge in [-0.05, 0) is 25.0 Å². The van der Waals surface area contributed by atoms with Crippen molar-refractivity contribution in [3.63, 3.8) is 0 Å². The molecule has 0 aliphatic heterocycles. The first-order valence-corrected chi connectivity index (χ1v) is 11.4. The summed E-state index contributed by atoms with van der Waals surface area (Å²) in [6.45, 7) is 6.87. The maximum Gasteiger partial charge on any atom is 0.373 e. The van der Waals surface area contributed by atoms with Gasteiger partial charge in [-0.15, -0.1) is 0 Å². The number of hydrogen-bond acceptors (Lipinski definition) is 6. The normalized spacial score (nSPS) is 29.1. The Morgan fingerprint density at radius 3 is 1.44 bits per heavy atom. The summed E-state index contributed by atoms with van der Waals surface area (Å²) in [4.78, 5) is 62.0. The molecule has 0 radical (unpaired) electrons. The van der Waals surface area contributed by atoms with Crippen molar-refractivity contribution >= 4 is 46.7 Å². The molecule has 8 heteroatoms. The van der Waals surface area contributed by atoms with Gasteiger partial charge in [-0.3, -0.25) is 9.59 Å². The van der Waals surface area contributed by atoms with Crippen LogP contribution in [-0.2, 0) is 29.0 Å². The number of halogens is 2. The first-order valence-electron chi connectivity index (χ1n) is 10.7. The van der Waals surface area contributed by atoms with Crippen LogP contribution in [0.4, 0.5) is 0 Å². The monoisotopic (exact) mass is 482 g/mol. The molecule has 0 aromatic heterocycles. The Morgan fingerprint density at radius 1 is 0.781 bits per heavy atom. The van der Waals surface area contributed by atoms with E-state index < -0.39 is 46.2 Å². The summed E-state index contributed by atoms with van der Waals surface area (Å²) >= 11 is 12.5. The summed E-state index contributed by atoms with van der Waals surface area (Å²) < 4.78 is 0. The Labute approximate surface area is 198 Å². The largest absolute Gasteiger partial charge is 0.373 e.